The molecule has 1 saturated heterocycles. The summed E-state index contributed by atoms with van der Waals surface area (Å²) < 4.78 is 16.7. The highest BCUT2D eigenvalue weighted by Gasteiger charge is 2.19. The number of nitrogens with one attached hydrogen (secondary N) is 1. The van der Waals surface area contributed by atoms with E-state index in [1.165, 1.54) is 0 Å². The van der Waals surface area contributed by atoms with Crippen LogP contribution in [-0.2, 0) is 16.0 Å². The first-order chi connectivity index (χ1) is 15.0. The second-order valence-electron chi connectivity index (χ2n) is 7.29. The summed E-state index contributed by atoms with van der Waals surface area (Å²) in [6, 6.07) is 11.0. The molecular formula is C24H30N2O5. The largest absolute Gasteiger partial charge is 0.490 e. The van der Waals surface area contributed by atoms with Crippen molar-refractivity contribution in [2.75, 3.05) is 44.8 Å². The Morgan fingerprint density at radius 1 is 1.06 bits per heavy atom. The number of para-hydroxylation sites is 1. The van der Waals surface area contributed by atoms with Crippen molar-refractivity contribution in [3.63, 3.8) is 0 Å². The van der Waals surface area contributed by atoms with E-state index in [9.17, 15) is 9.59 Å². The van der Waals surface area contributed by atoms with Gasteiger partial charge in [-0.1, -0.05) is 25.1 Å². The van der Waals surface area contributed by atoms with Gasteiger partial charge < -0.3 is 24.4 Å². The standard InChI is InChI=1S/C24H30N2O5/c1-4-18-8-6-7-17(3)23(18)25-24(28)19-9-10-20(21(15-19)30-5-2)31-16-22(27)26-11-13-29-14-12-26/h6-10,15H,4-5,11-14,16H2,1-3H3,(H,25,28). The lowest BCUT2D eigenvalue weighted by atomic mass is 10.1. The minimum absolute atomic E-state index is 0.0886. The molecule has 0 unspecified atom stereocenters. The highest BCUT2D eigenvalue weighted by Crippen LogP contribution is 2.30. The minimum atomic E-state index is -0.221. The zero-order chi connectivity index (χ0) is 22.2. The van der Waals surface area contributed by atoms with Crippen molar-refractivity contribution in [3.05, 3.63) is 53.1 Å². The molecule has 2 aromatic rings. The maximum Gasteiger partial charge on any atom is 0.260 e. The van der Waals surface area contributed by atoms with Crippen LogP contribution in [0.2, 0.25) is 0 Å². The maximum absolute atomic E-state index is 12.9. The van der Waals surface area contributed by atoms with E-state index >= 15 is 0 Å². The molecule has 0 radical (unpaired) electrons. The Morgan fingerprint density at radius 3 is 2.55 bits per heavy atom. The molecule has 3 rings (SSSR count). The molecule has 1 fully saturated rings. The second-order valence-corrected chi connectivity index (χ2v) is 7.29. The van der Waals surface area contributed by atoms with Crippen LogP contribution in [0.15, 0.2) is 36.4 Å². The zero-order valence-electron chi connectivity index (χ0n) is 18.4. The van der Waals surface area contributed by atoms with Gasteiger partial charge in [-0.15, -0.1) is 0 Å². The molecule has 1 heterocycles. The van der Waals surface area contributed by atoms with Crippen LogP contribution < -0.4 is 14.8 Å². The molecule has 31 heavy (non-hydrogen) atoms. The minimum Gasteiger partial charge on any atom is -0.490 e. The topological polar surface area (TPSA) is 77.1 Å². The second kappa shape index (κ2) is 10.8. The molecule has 0 spiro atoms. The molecule has 1 N–H and O–H groups in total. The number of nitrogens with zero attached hydrogens (tertiary/aromatic N) is 1. The maximum atomic E-state index is 12.9. The SMILES string of the molecule is CCOc1cc(C(=O)Nc2c(C)cccc2CC)ccc1OCC(=O)N1CCOCC1. The molecule has 0 aromatic heterocycles. The fourth-order valence-corrected chi connectivity index (χ4v) is 3.47. The predicted molar refractivity (Wildman–Crippen MR) is 119 cm³/mol. The molecule has 2 aromatic carbocycles. The number of ether oxygens (including phenoxy) is 3. The van der Waals surface area contributed by atoms with Crippen LogP contribution in [0.25, 0.3) is 0 Å². The molecule has 1 aliphatic heterocycles. The summed E-state index contributed by atoms with van der Waals surface area (Å²) in [5.41, 5.74) is 3.39. The third-order valence-electron chi connectivity index (χ3n) is 5.20. The van der Waals surface area contributed by atoms with Crippen LogP contribution in [0.1, 0.15) is 35.3 Å². The lowest BCUT2D eigenvalue weighted by Gasteiger charge is -2.26. The van der Waals surface area contributed by atoms with Crippen molar-refractivity contribution in [2.24, 2.45) is 0 Å². The Hall–Kier alpha value is -3.06. The molecule has 0 bridgehead atoms. The van der Waals surface area contributed by atoms with Crippen LogP contribution in [-0.4, -0.2) is 56.2 Å². The number of hydrogen-bond acceptors (Lipinski definition) is 5. The van der Waals surface area contributed by atoms with Gasteiger partial charge in [-0.25, -0.2) is 0 Å². The van der Waals surface area contributed by atoms with Gasteiger partial charge in [0.25, 0.3) is 11.8 Å². The van der Waals surface area contributed by atoms with E-state index in [4.69, 9.17) is 14.2 Å². The monoisotopic (exact) mass is 426 g/mol. The number of hydrogen-bond donors (Lipinski definition) is 1. The van der Waals surface area contributed by atoms with Gasteiger partial charge in [-0.05, 0) is 49.6 Å². The number of rotatable bonds is 8. The molecule has 1 aliphatic rings. The Kier molecular flexibility index (Phi) is 7.89. The van der Waals surface area contributed by atoms with Gasteiger partial charge in [0.05, 0.1) is 19.8 Å². The van der Waals surface area contributed by atoms with E-state index in [1.807, 2.05) is 32.0 Å². The van der Waals surface area contributed by atoms with E-state index in [1.54, 1.807) is 23.1 Å². The van der Waals surface area contributed by atoms with Gasteiger partial charge in [0.2, 0.25) is 0 Å². The number of aryl methyl sites for hydroxylation is 2. The Balaban J connectivity index is 1.72. The van der Waals surface area contributed by atoms with Crippen molar-refractivity contribution >= 4 is 17.5 Å². The highest BCUT2D eigenvalue weighted by atomic mass is 16.5. The number of anilines is 1. The van der Waals surface area contributed by atoms with Gasteiger partial charge in [0.1, 0.15) is 0 Å². The molecule has 0 aliphatic carbocycles. The van der Waals surface area contributed by atoms with E-state index in [0.29, 0.717) is 50.0 Å². The van der Waals surface area contributed by atoms with Gasteiger partial charge in [-0.3, -0.25) is 9.59 Å². The molecule has 0 atom stereocenters. The van der Waals surface area contributed by atoms with Gasteiger partial charge in [-0.2, -0.15) is 0 Å². The summed E-state index contributed by atoms with van der Waals surface area (Å²) >= 11 is 0. The lowest BCUT2D eigenvalue weighted by Crippen LogP contribution is -2.43. The average molecular weight is 427 g/mol. The van der Waals surface area contributed by atoms with E-state index in [0.717, 1.165) is 23.2 Å². The van der Waals surface area contributed by atoms with Crippen molar-refractivity contribution < 1.29 is 23.8 Å². The number of amides is 2. The lowest BCUT2D eigenvalue weighted by molar-refractivity contribution is -0.137. The molecule has 7 nitrogen and oxygen atoms in total. The van der Waals surface area contributed by atoms with Crippen LogP contribution in [0.5, 0.6) is 11.5 Å². The summed E-state index contributed by atoms with van der Waals surface area (Å²) in [7, 11) is 0. The van der Waals surface area contributed by atoms with E-state index in [-0.39, 0.29) is 18.4 Å². The van der Waals surface area contributed by atoms with E-state index < -0.39 is 0 Å². The van der Waals surface area contributed by atoms with Crippen molar-refractivity contribution in [1.82, 2.24) is 4.90 Å². The molecule has 2 amide bonds. The summed E-state index contributed by atoms with van der Waals surface area (Å²) in [5.74, 6) is 0.552. The van der Waals surface area contributed by atoms with Crippen molar-refractivity contribution in [2.45, 2.75) is 27.2 Å². The van der Waals surface area contributed by atoms with Gasteiger partial charge in [0, 0.05) is 24.3 Å². The summed E-state index contributed by atoms with van der Waals surface area (Å²) in [6.45, 7) is 8.43. The fourth-order valence-electron chi connectivity index (χ4n) is 3.47. The smallest absolute Gasteiger partial charge is 0.260 e. The number of carbonyl (C=O) groups excluding carboxylic acids is 2. The molecule has 0 saturated carbocycles. The summed E-state index contributed by atoms with van der Waals surface area (Å²) in [4.78, 5) is 27.0. The van der Waals surface area contributed by atoms with Gasteiger partial charge >= 0.3 is 0 Å². The third-order valence-corrected chi connectivity index (χ3v) is 5.20. The van der Waals surface area contributed by atoms with Crippen LogP contribution >= 0.6 is 0 Å². The average Bonchev–Trinajstić information content (AvgIpc) is 2.80. The molecule has 166 valence electrons. The van der Waals surface area contributed by atoms with Crippen LogP contribution in [0.4, 0.5) is 5.69 Å². The summed E-state index contributed by atoms with van der Waals surface area (Å²) in [6.07, 6.45) is 0.825. The predicted octanol–water partition coefficient (Wildman–Crippen LogP) is 3.45. The van der Waals surface area contributed by atoms with Crippen molar-refractivity contribution in [1.29, 1.82) is 0 Å². The van der Waals surface area contributed by atoms with E-state index in [2.05, 4.69) is 12.2 Å². The van der Waals surface area contributed by atoms with Crippen LogP contribution in [0, 0.1) is 6.92 Å². The Labute approximate surface area is 183 Å². The third kappa shape index (κ3) is 5.76. The first-order valence-corrected chi connectivity index (χ1v) is 10.7. The zero-order valence-corrected chi connectivity index (χ0v) is 18.4. The first kappa shape index (κ1) is 22.6. The Bertz CT molecular complexity index is 922. The highest BCUT2D eigenvalue weighted by molar-refractivity contribution is 6.05. The van der Waals surface area contributed by atoms with Crippen molar-refractivity contribution in [3.8, 4) is 11.5 Å². The summed E-state index contributed by atoms with van der Waals surface area (Å²) in [5, 5.41) is 3.02. The quantitative estimate of drug-likeness (QED) is 0.700. The fraction of sp³-hybridized carbons (Fsp3) is 0.417. The first-order valence-electron chi connectivity index (χ1n) is 10.7. The Morgan fingerprint density at radius 2 is 1.84 bits per heavy atom. The number of morpholine rings is 1. The number of benzene rings is 2. The van der Waals surface area contributed by atoms with Crippen LogP contribution in [0.3, 0.4) is 0 Å². The normalized spacial score (nSPS) is 13.6. The van der Waals surface area contributed by atoms with Gasteiger partial charge in [0.15, 0.2) is 18.1 Å². The number of carbonyl (C=O) groups is 2. The molecule has 7 heteroatoms. The molecular weight excluding hydrogens is 396 g/mol.